The number of amides is 1. The number of nitrogens with two attached hydrogens (primary N) is 1. The van der Waals surface area contributed by atoms with Crippen LogP contribution in [0.2, 0.25) is 5.15 Å². The fourth-order valence-corrected chi connectivity index (χ4v) is 1.73. The van der Waals surface area contributed by atoms with Gasteiger partial charge in [0.25, 0.3) is 5.91 Å². The molecule has 108 valence electrons. The first kappa shape index (κ1) is 14.7. The van der Waals surface area contributed by atoms with Crippen molar-refractivity contribution in [3.05, 3.63) is 52.4 Å². The molecule has 0 fully saturated rings. The van der Waals surface area contributed by atoms with Gasteiger partial charge in [-0.25, -0.2) is 14.2 Å². The predicted octanol–water partition coefficient (Wildman–Crippen LogP) is 2.46. The van der Waals surface area contributed by atoms with Gasteiger partial charge in [-0.05, 0) is 24.3 Å². The van der Waals surface area contributed by atoms with Crippen LogP contribution in [0.25, 0.3) is 0 Å². The Labute approximate surface area is 122 Å². The number of aromatic nitrogens is 1. The summed E-state index contributed by atoms with van der Waals surface area (Å²) in [5.41, 5.74) is 4.28. The van der Waals surface area contributed by atoms with Crippen molar-refractivity contribution >= 4 is 23.5 Å². The molecule has 0 atom stereocenters. The molecule has 2 rings (SSSR count). The minimum atomic E-state index is -1.31. The lowest BCUT2D eigenvalue weighted by Crippen LogP contribution is -2.15. The second-order valence-corrected chi connectivity index (χ2v) is 4.26. The Balaban J connectivity index is 2.53. The number of rotatable bonds is 4. The molecule has 1 heterocycles. The Kier molecular flexibility index (Phi) is 4.04. The summed E-state index contributed by atoms with van der Waals surface area (Å²) in [5.74, 6) is -3.88. The highest BCUT2D eigenvalue weighted by atomic mass is 35.5. The van der Waals surface area contributed by atoms with Gasteiger partial charge in [-0.2, -0.15) is 0 Å². The van der Waals surface area contributed by atoms with Gasteiger partial charge in [-0.3, -0.25) is 4.79 Å². The third-order valence-corrected chi connectivity index (χ3v) is 2.70. The highest BCUT2D eigenvalue weighted by Crippen LogP contribution is 2.29. The summed E-state index contributed by atoms with van der Waals surface area (Å²) >= 11 is 5.67. The van der Waals surface area contributed by atoms with Crippen LogP contribution in [0.3, 0.4) is 0 Å². The smallest absolute Gasteiger partial charge is 0.341 e. The SMILES string of the molecule is NC(=O)c1c(F)cccc1Oc1nc(Cl)ccc1C(=O)O. The minimum Gasteiger partial charge on any atom is -0.477 e. The normalized spacial score (nSPS) is 10.2. The quantitative estimate of drug-likeness (QED) is 0.844. The molecule has 0 saturated carbocycles. The van der Waals surface area contributed by atoms with Gasteiger partial charge >= 0.3 is 5.97 Å². The van der Waals surface area contributed by atoms with Gasteiger partial charge in [-0.15, -0.1) is 0 Å². The molecule has 1 aromatic carbocycles. The van der Waals surface area contributed by atoms with Crippen molar-refractivity contribution in [1.82, 2.24) is 4.98 Å². The first-order valence-corrected chi connectivity index (χ1v) is 5.94. The summed E-state index contributed by atoms with van der Waals surface area (Å²) in [4.78, 5) is 26.0. The summed E-state index contributed by atoms with van der Waals surface area (Å²) in [6, 6.07) is 6.00. The van der Waals surface area contributed by atoms with E-state index < -0.39 is 23.3 Å². The number of hydrogen-bond acceptors (Lipinski definition) is 4. The van der Waals surface area contributed by atoms with Crippen molar-refractivity contribution < 1.29 is 23.8 Å². The van der Waals surface area contributed by atoms with Crippen molar-refractivity contribution in [2.24, 2.45) is 5.73 Å². The number of carbonyl (C=O) groups is 2. The molecule has 0 aliphatic heterocycles. The Morgan fingerprint density at radius 3 is 2.62 bits per heavy atom. The largest absolute Gasteiger partial charge is 0.477 e. The molecular formula is C13H8ClFN2O4. The zero-order valence-electron chi connectivity index (χ0n) is 10.3. The van der Waals surface area contributed by atoms with E-state index in [1.807, 2.05) is 0 Å². The van der Waals surface area contributed by atoms with Gasteiger partial charge in [0.2, 0.25) is 5.88 Å². The van der Waals surface area contributed by atoms with Gasteiger partial charge in [-0.1, -0.05) is 17.7 Å². The summed E-state index contributed by atoms with van der Waals surface area (Å²) < 4.78 is 18.8. The number of carboxylic acids is 1. The third kappa shape index (κ3) is 3.09. The molecule has 3 N–H and O–H groups in total. The lowest BCUT2D eigenvalue weighted by atomic mass is 10.2. The number of carbonyl (C=O) groups excluding carboxylic acids is 1. The Bertz CT molecular complexity index is 736. The van der Waals surface area contributed by atoms with Gasteiger partial charge in [0.15, 0.2) is 0 Å². The van der Waals surface area contributed by atoms with Gasteiger partial charge in [0.05, 0.1) is 0 Å². The predicted molar refractivity (Wildman–Crippen MR) is 71.2 cm³/mol. The molecular weight excluding hydrogens is 303 g/mol. The van der Waals surface area contributed by atoms with Crippen LogP contribution in [0.15, 0.2) is 30.3 Å². The number of nitrogens with zero attached hydrogens (tertiary/aromatic N) is 1. The number of hydrogen-bond donors (Lipinski definition) is 2. The molecule has 0 aliphatic rings. The van der Waals surface area contributed by atoms with E-state index in [-0.39, 0.29) is 22.3 Å². The van der Waals surface area contributed by atoms with Gasteiger partial charge in [0, 0.05) is 0 Å². The van der Waals surface area contributed by atoms with Gasteiger partial charge in [0.1, 0.15) is 27.8 Å². The monoisotopic (exact) mass is 310 g/mol. The molecule has 0 bridgehead atoms. The number of ether oxygens (including phenoxy) is 1. The molecule has 2 aromatic rings. The topological polar surface area (TPSA) is 103 Å². The maximum Gasteiger partial charge on any atom is 0.341 e. The highest BCUT2D eigenvalue weighted by molar-refractivity contribution is 6.29. The molecule has 0 saturated heterocycles. The molecule has 0 aliphatic carbocycles. The first-order valence-electron chi connectivity index (χ1n) is 5.56. The number of benzene rings is 1. The molecule has 0 spiro atoms. The maximum absolute atomic E-state index is 13.6. The maximum atomic E-state index is 13.6. The van der Waals surface area contributed by atoms with Crippen LogP contribution in [0.1, 0.15) is 20.7 Å². The second kappa shape index (κ2) is 5.76. The standard InChI is InChI=1S/C13H8ClFN2O4/c14-9-5-4-6(13(19)20)12(17-9)21-8-3-1-2-7(15)10(8)11(16)18/h1-5H,(H2,16,18)(H,19,20). The molecule has 21 heavy (non-hydrogen) atoms. The van der Waals surface area contributed by atoms with Crippen LogP contribution in [-0.2, 0) is 0 Å². The summed E-state index contributed by atoms with van der Waals surface area (Å²) in [6.45, 7) is 0. The minimum absolute atomic E-state index is 0.0213. The van der Waals surface area contributed by atoms with Crippen molar-refractivity contribution in [1.29, 1.82) is 0 Å². The molecule has 1 aromatic heterocycles. The molecule has 1 amide bonds. The lowest BCUT2D eigenvalue weighted by molar-refractivity contribution is 0.0693. The van der Waals surface area contributed by atoms with E-state index in [4.69, 9.17) is 27.2 Å². The summed E-state index contributed by atoms with van der Waals surface area (Å²) in [6.07, 6.45) is 0. The lowest BCUT2D eigenvalue weighted by Gasteiger charge is -2.11. The summed E-state index contributed by atoms with van der Waals surface area (Å²) in [7, 11) is 0. The summed E-state index contributed by atoms with van der Waals surface area (Å²) in [5, 5.41) is 9.02. The van der Waals surface area contributed by atoms with Crippen LogP contribution in [0, 0.1) is 5.82 Å². The van der Waals surface area contributed by atoms with Crippen LogP contribution < -0.4 is 10.5 Å². The zero-order chi connectivity index (χ0) is 15.6. The van der Waals surface area contributed by atoms with E-state index in [0.717, 1.165) is 6.07 Å². The Morgan fingerprint density at radius 1 is 1.29 bits per heavy atom. The number of carboxylic acid groups (broad SMARTS) is 1. The molecule has 6 nitrogen and oxygen atoms in total. The van der Waals surface area contributed by atoms with Crippen molar-refractivity contribution in [3.8, 4) is 11.6 Å². The van der Waals surface area contributed by atoms with E-state index >= 15 is 0 Å². The van der Waals surface area contributed by atoms with Gasteiger partial charge < -0.3 is 15.6 Å². The number of aromatic carboxylic acids is 1. The van der Waals surface area contributed by atoms with E-state index in [1.54, 1.807) is 0 Å². The zero-order valence-corrected chi connectivity index (χ0v) is 11.1. The number of primary amides is 1. The fraction of sp³-hybridized carbons (Fsp3) is 0. The third-order valence-electron chi connectivity index (χ3n) is 2.49. The number of halogens is 2. The van der Waals surface area contributed by atoms with Crippen molar-refractivity contribution in [2.75, 3.05) is 0 Å². The van der Waals surface area contributed by atoms with E-state index in [0.29, 0.717) is 0 Å². The fourth-order valence-electron chi connectivity index (χ4n) is 1.59. The van der Waals surface area contributed by atoms with Crippen LogP contribution in [0.5, 0.6) is 11.6 Å². The molecule has 8 heteroatoms. The van der Waals surface area contributed by atoms with Crippen LogP contribution in [-0.4, -0.2) is 22.0 Å². The molecule has 0 radical (unpaired) electrons. The van der Waals surface area contributed by atoms with Crippen molar-refractivity contribution in [2.45, 2.75) is 0 Å². The van der Waals surface area contributed by atoms with E-state index in [1.165, 1.54) is 24.3 Å². The van der Waals surface area contributed by atoms with Crippen LogP contribution in [0.4, 0.5) is 4.39 Å². The van der Waals surface area contributed by atoms with E-state index in [9.17, 15) is 14.0 Å². The van der Waals surface area contributed by atoms with E-state index in [2.05, 4.69) is 4.98 Å². The van der Waals surface area contributed by atoms with Crippen molar-refractivity contribution in [3.63, 3.8) is 0 Å². The number of pyridine rings is 1. The average Bonchev–Trinajstić information content (AvgIpc) is 2.37. The van der Waals surface area contributed by atoms with Crippen LogP contribution >= 0.6 is 11.6 Å². The first-order chi connectivity index (χ1) is 9.90. The molecule has 0 unspecified atom stereocenters. The second-order valence-electron chi connectivity index (χ2n) is 3.87. The highest BCUT2D eigenvalue weighted by Gasteiger charge is 2.19. The Morgan fingerprint density at radius 2 is 2.00 bits per heavy atom. The Hall–Kier alpha value is -2.67. The average molecular weight is 311 g/mol.